The molecule has 6 nitrogen and oxygen atoms in total. The van der Waals surface area contributed by atoms with Crippen molar-refractivity contribution in [2.75, 3.05) is 17.7 Å². The van der Waals surface area contributed by atoms with Crippen LogP contribution in [-0.4, -0.2) is 23.0 Å². The first-order valence-electron chi connectivity index (χ1n) is 7.44. The average Bonchev–Trinajstić information content (AvgIpc) is 2.62. The Morgan fingerprint density at radius 2 is 1.84 bits per heavy atom. The first-order chi connectivity index (χ1) is 12.1. The Kier molecular flexibility index (Phi) is 5.25. The molecule has 3 rings (SSSR count). The van der Waals surface area contributed by atoms with E-state index in [-0.39, 0.29) is 11.6 Å². The van der Waals surface area contributed by atoms with Gasteiger partial charge < -0.3 is 15.4 Å². The molecule has 0 spiro atoms. The molecule has 2 N–H and O–H groups in total. The molecule has 0 saturated heterocycles. The largest absolute Gasteiger partial charge is 0.497 e. The molecule has 0 saturated carbocycles. The van der Waals surface area contributed by atoms with E-state index in [1.165, 1.54) is 6.33 Å². The van der Waals surface area contributed by atoms with Crippen molar-refractivity contribution in [3.05, 3.63) is 71.1 Å². The molecule has 126 valence electrons. The summed E-state index contributed by atoms with van der Waals surface area (Å²) in [7, 11) is 1.61. The van der Waals surface area contributed by atoms with Crippen molar-refractivity contribution in [2.24, 2.45) is 0 Å². The molecule has 0 bridgehead atoms. The number of carbonyl (C=O) groups is 1. The monoisotopic (exact) mass is 398 g/mol. The van der Waals surface area contributed by atoms with Crippen LogP contribution < -0.4 is 15.4 Å². The van der Waals surface area contributed by atoms with Crippen LogP contribution in [0.5, 0.6) is 5.75 Å². The Hall–Kier alpha value is -2.93. The SMILES string of the molecule is COc1cccc(Nc2cc(C(=O)Nc3cccc(Br)c3)ncn2)c1. The fourth-order valence-corrected chi connectivity index (χ4v) is 2.56. The number of nitrogens with zero attached hydrogens (tertiary/aromatic N) is 2. The Morgan fingerprint density at radius 1 is 1.04 bits per heavy atom. The topological polar surface area (TPSA) is 76.1 Å². The molecule has 0 aliphatic rings. The second kappa shape index (κ2) is 7.76. The molecule has 1 heterocycles. The normalized spacial score (nSPS) is 10.2. The molecule has 0 unspecified atom stereocenters. The number of hydrogen-bond acceptors (Lipinski definition) is 5. The van der Waals surface area contributed by atoms with Crippen molar-refractivity contribution in [3.63, 3.8) is 0 Å². The molecule has 0 atom stereocenters. The number of amides is 1. The minimum Gasteiger partial charge on any atom is -0.497 e. The van der Waals surface area contributed by atoms with Crippen LogP contribution in [0.25, 0.3) is 0 Å². The second-order valence-corrected chi connectivity index (χ2v) is 6.03. The number of rotatable bonds is 5. The van der Waals surface area contributed by atoms with Crippen molar-refractivity contribution in [1.29, 1.82) is 0 Å². The maximum atomic E-state index is 12.4. The molecule has 0 aliphatic carbocycles. The third-order valence-electron chi connectivity index (χ3n) is 3.32. The number of anilines is 3. The number of hydrogen-bond donors (Lipinski definition) is 2. The van der Waals surface area contributed by atoms with Gasteiger partial charge in [-0.15, -0.1) is 0 Å². The van der Waals surface area contributed by atoms with Gasteiger partial charge in [0.2, 0.25) is 0 Å². The Labute approximate surface area is 153 Å². The Balaban J connectivity index is 1.75. The van der Waals surface area contributed by atoms with Crippen LogP contribution in [0.1, 0.15) is 10.5 Å². The molecule has 0 radical (unpaired) electrons. The third kappa shape index (κ3) is 4.54. The van der Waals surface area contributed by atoms with Crippen molar-refractivity contribution in [1.82, 2.24) is 9.97 Å². The van der Waals surface area contributed by atoms with Crippen LogP contribution >= 0.6 is 15.9 Å². The smallest absolute Gasteiger partial charge is 0.274 e. The summed E-state index contributed by atoms with van der Waals surface area (Å²) in [5, 5.41) is 5.93. The zero-order chi connectivity index (χ0) is 17.6. The fourth-order valence-electron chi connectivity index (χ4n) is 2.16. The lowest BCUT2D eigenvalue weighted by atomic mass is 10.3. The summed E-state index contributed by atoms with van der Waals surface area (Å²) >= 11 is 3.37. The summed E-state index contributed by atoms with van der Waals surface area (Å²) in [4.78, 5) is 20.5. The van der Waals surface area contributed by atoms with Crippen molar-refractivity contribution >= 4 is 39.0 Å². The molecule has 2 aromatic carbocycles. The van der Waals surface area contributed by atoms with E-state index in [9.17, 15) is 4.79 Å². The summed E-state index contributed by atoms with van der Waals surface area (Å²) in [5.41, 5.74) is 1.75. The lowest BCUT2D eigenvalue weighted by molar-refractivity contribution is 0.102. The van der Waals surface area contributed by atoms with Crippen molar-refractivity contribution in [2.45, 2.75) is 0 Å². The summed E-state index contributed by atoms with van der Waals surface area (Å²) in [5.74, 6) is 0.934. The van der Waals surface area contributed by atoms with Gasteiger partial charge in [-0.25, -0.2) is 9.97 Å². The van der Waals surface area contributed by atoms with Crippen LogP contribution in [0.2, 0.25) is 0 Å². The van der Waals surface area contributed by atoms with E-state index in [1.54, 1.807) is 19.2 Å². The predicted molar refractivity (Wildman–Crippen MR) is 100 cm³/mol. The highest BCUT2D eigenvalue weighted by atomic mass is 79.9. The lowest BCUT2D eigenvalue weighted by Crippen LogP contribution is -2.14. The van der Waals surface area contributed by atoms with Crippen molar-refractivity contribution < 1.29 is 9.53 Å². The lowest BCUT2D eigenvalue weighted by Gasteiger charge is -2.09. The maximum absolute atomic E-state index is 12.4. The zero-order valence-corrected chi connectivity index (χ0v) is 14.9. The van der Waals surface area contributed by atoms with Crippen molar-refractivity contribution in [3.8, 4) is 5.75 Å². The molecule has 3 aromatic rings. The average molecular weight is 399 g/mol. The zero-order valence-electron chi connectivity index (χ0n) is 13.4. The second-order valence-electron chi connectivity index (χ2n) is 5.11. The van der Waals surface area contributed by atoms with Gasteiger partial charge in [-0.05, 0) is 30.3 Å². The number of halogens is 1. The van der Waals surface area contributed by atoms with Gasteiger partial charge in [-0.3, -0.25) is 4.79 Å². The van der Waals surface area contributed by atoms with Gasteiger partial charge in [0, 0.05) is 28.0 Å². The fraction of sp³-hybridized carbons (Fsp3) is 0.0556. The molecule has 0 fully saturated rings. The maximum Gasteiger partial charge on any atom is 0.274 e. The molecule has 7 heteroatoms. The molecule has 1 aromatic heterocycles. The number of aromatic nitrogens is 2. The van der Waals surface area contributed by atoms with Crippen LogP contribution in [0, 0.1) is 0 Å². The minimum absolute atomic E-state index is 0.264. The highest BCUT2D eigenvalue weighted by Crippen LogP contribution is 2.21. The van der Waals surface area contributed by atoms with Gasteiger partial charge >= 0.3 is 0 Å². The van der Waals surface area contributed by atoms with Gasteiger partial charge in [0.25, 0.3) is 5.91 Å². The highest BCUT2D eigenvalue weighted by molar-refractivity contribution is 9.10. The quantitative estimate of drug-likeness (QED) is 0.671. The van der Waals surface area contributed by atoms with E-state index in [4.69, 9.17) is 4.74 Å². The Bertz CT molecular complexity index is 902. The standard InChI is InChI=1S/C18H15BrN4O2/c1-25-15-7-3-6-14(9-15)22-17-10-16(20-11-21-17)18(24)23-13-5-2-4-12(19)8-13/h2-11H,1H3,(H,23,24)(H,20,21,22). The van der Waals surface area contributed by atoms with Gasteiger partial charge in [0.15, 0.2) is 0 Å². The Morgan fingerprint density at radius 3 is 2.64 bits per heavy atom. The summed E-state index contributed by atoms with van der Waals surface area (Å²) in [6.45, 7) is 0. The van der Waals surface area contributed by atoms with E-state index in [1.807, 2.05) is 42.5 Å². The first-order valence-corrected chi connectivity index (χ1v) is 8.23. The van der Waals surface area contributed by atoms with E-state index in [0.717, 1.165) is 15.9 Å². The summed E-state index contributed by atoms with van der Waals surface area (Å²) < 4.78 is 6.07. The molecular formula is C18H15BrN4O2. The van der Waals surface area contributed by atoms with E-state index in [2.05, 4.69) is 36.5 Å². The predicted octanol–water partition coefficient (Wildman–Crippen LogP) is 4.24. The third-order valence-corrected chi connectivity index (χ3v) is 3.82. The number of methoxy groups -OCH3 is 1. The van der Waals surface area contributed by atoms with Gasteiger partial charge in [-0.2, -0.15) is 0 Å². The van der Waals surface area contributed by atoms with Crippen LogP contribution in [0.4, 0.5) is 17.2 Å². The molecule has 1 amide bonds. The van der Waals surface area contributed by atoms with Crippen LogP contribution in [-0.2, 0) is 0 Å². The number of benzene rings is 2. The van der Waals surface area contributed by atoms with E-state index in [0.29, 0.717) is 11.5 Å². The number of carbonyl (C=O) groups excluding carboxylic acids is 1. The van der Waals surface area contributed by atoms with Gasteiger partial charge in [0.05, 0.1) is 7.11 Å². The van der Waals surface area contributed by atoms with E-state index >= 15 is 0 Å². The first kappa shape index (κ1) is 16.9. The van der Waals surface area contributed by atoms with E-state index < -0.39 is 0 Å². The highest BCUT2D eigenvalue weighted by Gasteiger charge is 2.10. The molecular weight excluding hydrogens is 384 g/mol. The minimum atomic E-state index is -0.311. The number of ether oxygens (including phenoxy) is 1. The summed E-state index contributed by atoms with van der Waals surface area (Å²) in [6, 6.07) is 16.4. The molecule has 25 heavy (non-hydrogen) atoms. The van der Waals surface area contributed by atoms with Gasteiger partial charge in [-0.1, -0.05) is 28.1 Å². The van der Waals surface area contributed by atoms with Gasteiger partial charge in [0.1, 0.15) is 23.6 Å². The van der Waals surface area contributed by atoms with Crippen LogP contribution in [0.15, 0.2) is 65.4 Å². The van der Waals surface area contributed by atoms with Crippen LogP contribution in [0.3, 0.4) is 0 Å². The summed E-state index contributed by atoms with van der Waals surface area (Å²) in [6.07, 6.45) is 1.35. The number of nitrogens with one attached hydrogen (secondary N) is 2. The molecule has 0 aliphatic heterocycles.